The quantitative estimate of drug-likeness (QED) is 0.333. The summed E-state index contributed by atoms with van der Waals surface area (Å²) in [6.07, 6.45) is 4.24. The third kappa shape index (κ3) is 4.93. The first-order valence-electron chi connectivity index (χ1n) is 13.2. The molecule has 2 aromatic rings. The Morgan fingerprint density at radius 1 is 0.800 bits per heavy atom. The summed E-state index contributed by atoms with van der Waals surface area (Å²) in [7, 11) is 4.66. The molecule has 3 aliphatic heterocycles. The van der Waals surface area contributed by atoms with E-state index in [1.807, 2.05) is 13.0 Å². The Labute approximate surface area is 271 Å². The molecular formula is C30H27N3O9S3. The van der Waals surface area contributed by atoms with Gasteiger partial charge in [0.1, 0.15) is 24.5 Å². The number of aromatic nitrogens is 2. The molecule has 5 rings (SSSR count). The third-order valence-corrected chi connectivity index (χ3v) is 12.0. The summed E-state index contributed by atoms with van der Waals surface area (Å²) in [6, 6.07) is 5.40. The van der Waals surface area contributed by atoms with E-state index in [9.17, 15) is 24.0 Å². The number of hydrogen-bond donors (Lipinski definition) is 0. The van der Waals surface area contributed by atoms with Gasteiger partial charge in [-0.1, -0.05) is 53.5 Å². The molecule has 0 N–H and O–H groups in total. The van der Waals surface area contributed by atoms with Crippen molar-refractivity contribution < 1.29 is 42.9 Å². The highest BCUT2D eigenvalue weighted by Gasteiger charge is 2.62. The fourth-order valence-corrected chi connectivity index (χ4v) is 10.5. The van der Waals surface area contributed by atoms with Crippen molar-refractivity contribution in [2.75, 3.05) is 33.3 Å². The van der Waals surface area contributed by atoms with Crippen molar-refractivity contribution in [1.29, 1.82) is 0 Å². The van der Waals surface area contributed by atoms with E-state index in [-0.39, 0.29) is 26.0 Å². The molecule has 0 radical (unpaired) electrons. The lowest BCUT2D eigenvalue weighted by molar-refractivity contribution is -0.138. The van der Waals surface area contributed by atoms with Crippen LogP contribution in [0.25, 0.3) is 5.57 Å². The van der Waals surface area contributed by atoms with Gasteiger partial charge < -0.3 is 18.9 Å². The zero-order chi connectivity index (χ0) is 32.8. The van der Waals surface area contributed by atoms with Crippen molar-refractivity contribution in [3.63, 3.8) is 0 Å². The number of thioether (sulfide) groups is 3. The Hall–Kier alpha value is -4.08. The fraction of sp³-hybridized carbons (Fsp3) is 0.300. The number of aryl methyl sites for hydroxylation is 1. The molecule has 234 valence electrons. The fourth-order valence-electron chi connectivity index (χ4n) is 5.40. The monoisotopic (exact) mass is 669 g/mol. The molecule has 0 unspecified atom stereocenters. The van der Waals surface area contributed by atoms with Crippen LogP contribution in [0.4, 0.5) is 5.69 Å². The highest BCUT2D eigenvalue weighted by molar-refractivity contribution is 8.26. The number of rotatable bonds is 5. The number of anilines is 1. The summed E-state index contributed by atoms with van der Waals surface area (Å²) in [6.45, 7) is 5.43. The van der Waals surface area contributed by atoms with Crippen LogP contribution in [-0.2, 0) is 38.1 Å². The van der Waals surface area contributed by atoms with Crippen LogP contribution >= 0.6 is 35.3 Å². The Morgan fingerprint density at radius 2 is 1.38 bits per heavy atom. The molecule has 0 bridgehead atoms. The average molecular weight is 670 g/mol. The standard InChI is InChI=1S/C30H27N3O9S3/c1-14-9-8-10-15-17-23(29(2,3)33(19(14)15)24(34)16-13-31-11-12-32-16)43-20(26(36)40-5)18(25(35)39-4)30(17)44-21(27(37)41-6)22(45-30)28(38)42-7/h8-13H,1-7H3. The van der Waals surface area contributed by atoms with Gasteiger partial charge >= 0.3 is 23.9 Å². The molecule has 1 aromatic carbocycles. The molecule has 0 aliphatic carbocycles. The first kappa shape index (κ1) is 32.3. The van der Waals surface area contributed by atoms with Crippen LogP contribution in [0.1, 0.15) is 35.5 Å². The first-order chi connectivity index (χ1) is 21.4. The zero-order valence-corrected chi connectivity index (χ0v) is 27.7. The second-order valence-corrected chi connectivity index (χ2v) is 13.9. The number of esters is 4. The first-order valence-corrected chi connectivity index (χ1v) is 15.7. The molecule has 1 aromatic heterocycles. The molecule has 0 atom stereocenters. The van der Waals surface area contributed by atoms with Gasteiger partial charge in [0.25, 0.3) is 5.91 Å². The largest absolute Gasteiger partial charge is 0.466 e. The molecule has 0 saturated heterocycles. The van der Waals surface area contributed by atoms with Crippen LogP contribution in [0.3, 0.4) is 0 Å². The number of amides is 1. The van der Waals surface area contributed by atoms with Gasteiger partial charge in [-0.05, 0) is 26.3 Å². The van der Waals surface area contributed by atoms with E-state index in [2.05, 4.69) is 9.97 Å². The van der Waals surface area contributed by atoms with Crippen LogP contribution in [0.5, 0.6) is 0 Å². The molecule has 4 heterocycles. The number of methoxy groups -OCH3 is 4. The number of benzene rings is 1. The minimum atomic E-state index is -1.66. The van der Waals surface area contributed by atoms with Crippen LogP contribution in [0.15, 0.2) is 62.0 Å². The summed E-state index contributed by atoms with van der Waals surface area (Å²) in [5.41, 5.74) is 0.988. The predicted octanol–water partition coefficient (Wildman–Crippen LogP) is 4.02. The molecule has 15 heteroatoms. The number of nitrogens with zero attached hydrogens (tertiary/aromatic N) is 3. The maximum Gasteiger partial charge on any atom is 0.345 e. The Bertz CT molecular complexity index is 1740. The van der Waals surface area contributed by atoms with Gasteiger partial charge in [-0.3, -0.25) is 14.7 Å². The van der Waals surface area contributed by atoms with Gasteiger partial charge in [-0.25, -0.2) is 24.2 Å². The van der Waals surface area contributed by atoms with Gasteiger partial charge in [0, 0.05) is 28.4 Å². The maximum atomic E-state index is 14.2. The molecular weight excluding hydrogens is 643 g/mol. The Balaban J connectivity index is 1.90. The highest BCUT2D eigenvalue weighted by atomic mass is 32.2. The van der Waals surface area contributed by atoms with Crippen molar-refractivity contribution in [1.82, 2.24) is 9.97 Å². The summed E-state index contributed by atoms with van der Waals surface area (Å²) >= 11 is 2.70. The molecule has 0 saturated carbocycles. The van der Waals surface area contributed by atoms with Crippen LogP contribution in [-0.4, -0.2) is 77.8 Å². The predicted molar refractivity (Wildman–Crippen MR) is 169 cm³/mol. The van der Waals surface area contributed by atoms with E-state index in [1.165, 1.54) is 25.7 Å². The molecule has 45 heavy (non-hydrogen) atoms. The van der Waals surface area contributed by atoms with Gasteiger partial charge in [0.2, 0.25) is 0 Å². The van der Waals surface area contributed by atoms with E-state index in [0.29, 0.717) is 27.3 Å². The number of carbonyl (C=O) groups excluding carboxylic acids is 5. The number of carbonyl (C=O) groups is 5. The van der Waals surface area contributed by atoms with E-state index in [1.54, 1.807) is 30.9 Å². The van der Waals surface area contributed by atoms with Crippen molar-refractivity contribution in [2.24, 2.45) is 0 Å². The Morgan fingerprint density at radius 3 is 1.91 bits per heavy atom. The number of ether oxygens (including phenoxy) is 4. The van der Waals surface area contributed by atoms with E-state index < -0.39 is 39.4 Å². The lowest BCUT2D eigenvalue weighted by atomic mass is 9.82. The minimum Gasteiger partial charge on any atom is -0.466 e. The minimum absolute atomic E-state index is 0.0885. The molecule has 1 spiro atoms. The Kier molecular flexibility index (Phi) is 8.63. The van der Waals surface area contributed by atoms with Gasteiger partial charge in [0.05, 0.1) is 51.4 Å². The van der Waals surface area contributed by atoms with Gasteiger partial charge in [0.15, 0.2) is 0 Å². The number of hydrogen-bond acceptors (Lipinski definition) is 14. The lowest BCUT2D eigenvalue weighted by Crippen LogP contribution is -2.54. The summed E-state index contributed by atoms with van der Waals surface area (Å²) in [5, 5.41) is 0. The van der Waals surface area contributed by atoms with E-state index in [0.717, 1.165) is 56.6 Å². The van der Waals surface area contributed by atoms with Crippen molar-refractivity contribution in [2.45, 2.75) is 30.4 Å². The second kappa shape index (κ2) is 12.0. The van der Waals surface area contributed by atoms with Crippen molar-refractivity contribution in [3.05, 3.63) is 78.8 Å². The zero-order valence-electron chi connectivity index (χ0n) is 25.2. The highest BCUT2D eigenvalue weighted by Crippen LogP contribution is 2.71. The van der Waals surface area contributed by atoms with Crippen molar-refractivity contribution >= 4 is 76.3 Å². The van der Waals surface area contributed by atoms with Crippen molar-refractivity contribution in [3.8, 4) is 0 Å². The smallest absolute Gasteiger partial charge is 0.345 e. The molecule has 12 nitrogen and oxygen atoms in total. The lowest BCUT2D eigenvalue weighted by Gasteiger charge is -2.51. The molecule has 1 amide bonds. The van der Waals surface area contributed by atoms with Gasteiger partial charge in [-0.2, -0.15) is 0 Å². The summed E-state index contributed by atoms with van der Waals surface area (Å²) < 4.78 is 18.7. The van der Waals surface area contributed by atoms with Crippen LogP contribution < -0.4 is 4.90 Å². The number of fused-ring (bicyclic) bond motifs is 3. The summed E-state index contributed by atoms with van der Waals surface area (Å²) in [4.78, 5) is 77.7. The second-order valence-electron chi connectivity index (χ2n) is 10.2. The normalized spacial score (nSPS) is 17.9. The third-order valence-electron chi connectivity index (χ3n) is 7.35. The number of para-hydroxylation sites is 1. The SMILES string of the molecule is COC(=O)C1=C(C(=O)OC)SC2(S1)C(C(=O)OC)=C(C(=O)OC)SC1=C2c2cccc(C)c2N(C(=O)c2cnccn2)C1(C)C. The van der Waals surface area contributed by atoms with E-state index in [4.69, 9.17) is 18.9 Å². The molecule has 0 fully saturated rings. The summed E-state index contributed by atoms with van der Waals surface area (Å²) in [5.74, 6) is -3.87. The van der Waals surface area contributed by atoms with Gasteiger partial charge in [-0.15, -0.1) is 0 Å². The van der Waals surface area contributed by atoms with E-state index >= 15 is 0 Å². The molecule has 3 aliphatic rings. The van der Waals surface area contributed by atoms with Crippen LogP contribution in [0.2, 0.25) is 0 Å². The maximum absolute atomic E-state index is 14.2. The van der Waals surface area contributed by atoms with Crippen LogP contribution in [0, 0.1) is 6.92 Å². The topological polar surface area (TPSA) is 151 Å². The average Bonchev–Trinajstić information content (AvgIpc) is 3.43.